The Kier molecular flexibility index (Phi) is 5.61. The van der Waals surface area contributed by atoms with E-state index in [1.165, 1.54) is 9.87 Å². The number of hydrogen-bond donors (Lipinski definition) is 1. The summed E-state index contributed by atoms with van der Waals surface area (Å²) in [5.74, 6) is -0.708. The molecule has 8 heteroatoms. The molecular weight excluding hydrogens is 340 g/mol. The lowest BCUT2D eigenvalue weighted by Gasteiger charge is -2.36. The molecule has 1 aromatic rings. The molecular formula is C17H26N4O3S. The molecule has 25 heavy (non-hydrogen) atoms. The van der Waals surface area contributed by atoms with Gasteiger partial charge in [0.15, 0.2) is 0 Å². The number of carbonyl (C=O) groups is 1. The maximum atomic E-state index is 12.6. The fraction of sp³-hybridized carbons (Fsp3) is 0.588. The van der Waals surface area contributed by atoms with Crippen LogP contribution in [0.15, 0.2) is 24.3 Å². The van der Waals surface area contributed by atoms with E-state index in [4.69, 9.17) is 0 Å². The van der Waals surface area contributed by atoms with Crippen molar-refractivity contribution in [2.45, 2.75) is 6.92 Å². The highest BCUT2D eigenvalue weighted by molar-refractivity contribution is 7.89. The predicted molar refractivity (Wildman–Crippen MR) is 98.2 cm³/mol. The third-order valence-corrected chi connectivity index (χ3v) is 6.54. The van der Waals surface area contributed by atoms with Crippen LogP contribution in [-0.2, 0) is 14.8 Å². The minimum atomic E-state index is -3.55. The van der Waals surface area contributed by atoms with E-state index in [1.54, 1.807) is 4.90 Å². The molecule has 0 unspecified atom stereocenters. The van der Waals surface area contributed by atoms with Gasteiger partial charge in [-0.15, -0.1) is 0 Å². The van der Waals surface area contributed by atoms with Gasteiger partial charge < -0.3 is 15.1 Å². The molecule has 2 heterocycles. The first kappa shape index (κ1) is 18.2. The number of piperazine rings is 2. The molecule has 1 N–H and O–H groups in total. The molecule has 0 aliphatic carbocycles. The Morgan fingerprint density at radius 1 is 1.08 bits per heavy atom. The van der Waals surface area contributed by atoms with Crippen molar-refractivity contribution in [2.24, 2.45) is 0 Å². The minimum Gasteiger partial charge on any atom is -0.369 e. The molecule has 0 aromatic heterocycles. The topological polar surface area (TPSA) is 73.0 Å². The first-order valence-corrected chi connectivity index (χ1v) is 10.3. The van der Waals surface area contributed by atoms with Crippen molar-refractivity contribution in [1.82, 2.24) is 14.5 Å². The highest BCUT2D eigenvalue weighted by Gasteiger charge is 2.31. The zero-order valence-electron chi connectivity index (χ0n) is 14.6. The van der Waals surface area contributed by atoms with Gasteiger partial charge in [-0.05, 0) is 24.6 Å². The molecule has 2 aliphatic heterocycles. The van der Waals surface area contributed by atoms with Crippen LogP contribution in [0.3, 0.4) is 0 Å². The van der Waals surface area contributed by atoms with Crippen LogP contribution in [0.5, 0.6) is 0 Å². The van der Waals surface area contributed by atoms with Crippen LogP contribution in [-0.4, -0.2) is 81.6 Å². The lowest BCUT2D eigenvalue weighted by atomic mass is 10.2. The van der Waals surface area contributed by atoms with Crippen LogP contribution in [0.4, 0.5) is 5.69 Å². The van der Waals surface area contributed by atoms with E-state index in [9.17, 15) is 13.2 Å². The Morgan fingerprint density at radius 2 is 1.76 bits per heavy atom. The standard InChI is InChI=1S/C17H26N4O3S/c1-15-3-2-4-16(13-15)19-9-11-21(12-10-19)25(23,24)14-17(22)20-7-5-18-6-8-20/h2-4,13,18H,5-12,14H2,1H3. The second-order valence-electron chi connectivity index (χ2n) is 6.61. The van der Waals surface area contributed by atoms with Gasteiger partial charge in [0.1, 0.15) is 5.75 Å². The quantitative estimate of drug-likeness (QED) is 0.804. The average Bonchev–Trinajstić information content (AvgIpc) is 2.62. The number of aryl methyl sites for hydroxylation is 1. The van der Waals surface area contributed by atoms with E-state index < -0.39 is 15.8 Å². The summed E-state index contributed by atoms with van der Waals surface area (Å²) >= 11 is 0. The maximum Gasteiger partial charge on any atom is 0.239 e. The number of benzene rings is 1. The van der Waals surface area contributed by atoms with Crippen LogP contribution < -0.4 is 10.2 Å². The van der Waals surface area contributed by atoms with Gasteiger partial charge in [-0.25, -0.2) is 8.42 Å². The Labute approximate surface area is 149 Å². The van der Waals surface area contributed by atoms with Gasteiger partial charge in [0.25, 0.3) is 0 Å². The number of carbonyl (C=O) groups excluding carboxylic acids is 1. The predicted octanol–water partition coefficient (Wildman–Crippen LogP) is -0.121. The summed E-state index contributed by atoms with van der Waals surface area (Å²) in [6.45, 7) is 6.78. The summed E-state index contributed by atoms with van der Waals surface area (Å²) in [5.41, 5.74) is 2.31. The normalized spacial score (nSPS) is 19.9. The number of nitrogens with one attached hydrogen (secondary N) is 1. The van der Waals surface area contributed by atoms with E-state index >= 15 is 0 Å². The minimum absolute atomic E-state index is 0.289. The number of nitrogens with zero attached hydrogens (tertiary/aromatic N) is 3. The molecule has 2 fully saturated rings. The smallest absolute Gasteiger partial charge is 0.239 e. The summed E-state index contributed by atoms with van der Waals surface area (Å²) < 4.78 is 26.6. The Hall–Kier alpha value is -1.64. The van der Waals surface area contributed by atoms with Crippen molar-refractivity contribution in [3.05, 3.63) is 29.8 Å². The number of rotatable bonds is 4. The fourth-order valence-corrected chi connectivity index (χ4v) is 4.70. The number of hydrogen-bond acceptors (Lipinski definition) is 5. The SMILES string of the molecule is Cc1cccc(N2CCN(S(=O)(=O)CC(=O)N3CCNCC3)CC2)c1. The van der Waals surface area contributed by atoms with E-state index in [2.05, 4.69) is 16.3 Å². The molecule has 2 saturated heterocycles. The number of sulfonamides is 1. The summed E-state index contributed by atoms with van der Waals surface area (Å²) in [6, 6.07) is 8.22. The van der Waals surface area contributed by atoms with Gasteiger partial charge in [-0.1, -0.05) is 12.1 Å². The van der Waals surface area contributed by atoms with Gasteiger partial charge in [0, 0.05) is 58.0 Å². The van der Waals surface area contributed by atoms with E-state index in [0.717, 1.165) is 18.8 Å². The molecule has 0 radical (unpaired) electrons. The van der Waals surface area contributed by atoms with Gasteiger partial charge in [-0.2, -0.15) is 4.31 Å². The Bertz CT molecular complexity index is 708. The van der Waals surface area contributed by atoms with Crippen LogP contribution in [0.2, 0.25) is 0 Å². The zero-order chi connectivity index (χ0) is 17.9. The van der Waals surface area contributed by atoms with Crippen molar-refractivity contribution in [3.63, 3.8) is 0 Å². The second kappa shape index (κ2) is 7.72. The molecule has 0 spiro atoms. The molecule has 0 saturated carbocycles. The van der Waals surface area contributed by atoms with Gasteiger partial charge in [0.05, 0.1) is 0 Å². The summed E-state index contributed by atoms with van der Waals surface area (Å²) in [6.07, 6.45) is 0. The molecule has 2 aliphatic rings. The molecule has 0 bridgehead atoms. The number of anilines is 1. The fourth-order valence-electron chi connectivity index (χ4n) is 3.30. The van der Waals surface area contributed by atoms with Crippen molar-refractivity contribution in [3.8, 4) is 0 Å². The first-order valence-electron chi connectivity index (χ1n) is 8.74. The van der Waals surface area contributed by atoms with Crippen LogP contribution in [0.25, 0.3) is 0 Å². The van der Waals surface area contributed by atoms with E-state index in [-0.39, 0.29) is 5.91 Å². The zero-order valence-corrected chi connectivity index (χ0v) is 15.5. The second-order valence-corrected chi connectivity index (χ2v) is 8.58. The Balaban J connectivity index is 1.56. The highest BCUT2D eigenvalue weighted by atomic mass is 32.2. The summed E-state index contributed by atoms with van der Waals surface area (Å²) in [4.78, 5) is 16.1. The first-order chi connectivity index (χ1) is 12.0. The molecule has 1 amide bonds. The van der Waals surface area contributed by atoms with Crippen LogP contribution in [0.1, 0.15) is 5.56 Å². The monoisotopic (exact) mass is 366 g/mol. The van der Waals surface area contributed by atoms with Crippen LogP contribution in [0, 0.1) is 6.92 Å². The maximum absolute atomic E-state index is 12.6. The highest BCUT2D eigenvalue weighted by Crippen LogP contribution is 2.19. The van der Waals surface area contributed by atoms with Gasteiger partial charge >= 0.3 is 0 Å². The third-order valence-electron chi connectivity index (χ3n) is 4.77. The molecule has 138 valence electrons. The summed E-state index contributed by atoms with van der Waals surface area (Å²) in [7, 11) is -3.55. The largest absolute Gasteiger partial charge is 0.369 e. The van der Waals surface area contributed by atoms with Crippen molar-refractivity contribution in [2.75, 3.05) is 63.0 Å². The van der Waals surface area contributed by atoms with E-state index in [1.807, 2.05) is 25.1 Å². The van der Waals surface area contributed by atoms with Crippen molar-refractivity contribution < 1.29 is 13.2 Å². The van der Waals surface area contributed by atoms with Gasteiger partial charge in [-0.3, -0.25) is 4.79 Å². The van der Waals surface area contributed by atoms with Crippen LogP contribution >= 0.6 is 0 Å². The molecule has 3 rings (SSSR count). The lowest BCUT2D eigenvalue weighted by molar-refractivity contribution is -0.129. The third kappa shape index (κ3) is 4.50. The molecule has 7 nitrogen and oxygen atoms in total. The van der Waals surface area contributed by atoms with Crippen molar-refractivity contribution in [1.29, 1.82) is 0 Å². The molecule has 1 aromatic carbocycles. The van der Waals surface area contributed by atoms with Gasteiger partial charge in [0.2, 0.25) is 15.9 Å². The summed E-state index contributed by atoms with van der Waals surface area (Å²) in [5, 5.41) is 3.16. The molecule has 0 atom stereocenters. The lowest BCUT2D eigenvalue weighted by Crippen LogP contribution is -2.52. The average molecular weight is 366 g/mol. The number of amides is 1. The van der Waals surface area contributed by atoms with E-state index in [0.29, 0.717) is 39.3 Å². The Morgan fingerprint density at radius 3 is 2.40 bits per heavy atom. The van der Waals surface area contributed by atoms with Crippen molar-refractivity contribution >= 4 is 21.6 Å².